The molecule has 6 rings (SSSR count). The Kier molecular flexibility index (Phi) is 7.50. The molecular formula is C28H30Cl3N7O. The Balaban J connectivity index is 0.00000308. The summed E-state index contributed by atoms with van der Waals surface area (Å²) < 4.78 is 2.00. The van der Waals surface area contributed by atoms with Gasteiger partial charge in [0.25, 0.3) is 0 Å². The van der Waals surface area contributed by atoms with E-state index < -0.39 is 5.54 Å². The number of likely N-dealkylation sites (N-methyl/N-ethyl adjacent to an activating group) is 1. The van der Waals surface area contributed by atoms with Gasteiger partial charge < -0.3 is 9.80 Å². The van der Waals surface area contributed by atoms with Crippen LogP contribution in [0.25, 0.3) is 28.2 Å². The lowest BCUT2D eigenvalue weighted by molar-refractivity contribution is -0.134. The highest BCUT2D eigenvalue weighted by Gasteiger charge is 2.53. The molecule has 2 fully saturated rings. The molecule has 4 aromatic rings. The minimum atomic E-state index is -0.461. The number of hydrogen-bond donors (Lipinski definition) is 0. The molecule has 0 radical (unpaired) electrons. The number of nitrogens with zero attached hydrogens (tertiary/aromatic N) is 7. The van der Waals surface area contributed by atoms with E-state index in [4.69, 9.17) is 28.2 Å². The van der Waals surface area contributed by atoms with Gasteiger partial charge in [-0.2, -0.15) is 0 Å². The second-order valence-corrected chi connectivity index (χ2v) is 11.2. The first-order valence-corrected chi connectivity index (χ1v) is 13.6. The molecule has 39 heavy (non-hydrogen) atoms. The maximum atomic E-state index is 13.3. The summed E-state index contributed by atoms with van der Waals surface area (Å²) in [7, 11) is 1.90. The van der Waals surface area contributed by atoms with E-state index in [0.29, 0.717) is 46.8 Å². The van der Waals surface area contributed by atoms with Crippen molar-refractivity contribution in [3.63, 3.8) is 0 Å². The first-order valence-electron chi connectivity index (χ1n) is 12.8. The summed E-state index contributed by atoms with van der Waals surface area (Å²) in [5.41, 5.74) is 2.60. The molecule has 0 aliphatic carbocycles. The number of amides is 1. The Morgan fingerprint density at radius 3 is 2.33 bits per heavy atom. The van der Waals surface area contributed by atoms with E-state index >= 15 is 0 Å². The molecule has 0 saturated carbocycles. The average molecular weight is 587 g/mol. The van der Waals surface area contributed by atoms with Crippen molar-refractivity contribution in [1.82, 2.24) is 29.3 Å². The molecule has 0 unspecified atom stereocenters. The minimum absolute atomic E-state index is 0. The lowest BCUT2D eigenvalue weighted by Crippen LogP contribution is -2.58. The number of halogens is 3. The van der Waals surface area contributed by atoms with Gasteiger partial charge in [-0.05, 0) is 63.1 Å². The lowest BCUT2D eigenvalue weighted by atomic mass is 9.85. The van der Waals surface area contributed by atoms with Gasteiger partial charge >= 0.3 is 0 Å². The second-order valence-electron chi connectivity index (χ2n) is 10.3. The number of anilines is 1. The molecule has 4 heterocycles. The van der Waals surface area contributed by atoms with E-state index in [0.717, 1.165) is 29.9 Å². The van der Waals surface area contributed by atoms with Gasteiger partial charge in [-0.1, -0.05) is 35.3 Å². The van der Waals surface area contributed by atoms with E-state index in [-0.39, 0.29) is 24.4 Å². The first-order chi connectivity index (χ1) is 18.3. The van der Waals surface area contributed by atoms with Crippen LogP contribution in [-0.4, -0.2) is 73.6 Å². The predicted molar refractivity (Wildman–Crippen MR) is 158 cm³/mol. The quantitative estimate of drug-likeness (QED) is 0.306. The number of aromatic nitrogens is 4. The molecule has 11 heteroatoms. The molecule has 0 N–H and O–H groups in total. The highest BCUT2D eigenvalue weighted by atomic mass is 35.5. The fourth-order valence-corrected chi connectivity index (χ4v) is 6.27. The maximum absolute atomic E-state index is 13.3. The van der Waals surface area contributed by atoms with Crippen LogP contribution >= 0.6 is 35.6 Å². The van der Waals surface area contributed by atoms with E-state index in [2.05, 4.69) is 33.6 Å². The number of benzene rings is 2. The summed E-state index contributed by atoms with van der Waals surface area (Å²) in [6.45, 7) is 6.39. The average Bonchev–Trinajstić information content (AvgIpc) is 3.41. The summed E-state index contributed by atoms with van der Waals surface area (Å²) in [6.07, 6.45) is 3.05. The van der Waals surface area contributed by atoms with Crippen LogP contribution in [0.4, 0.5) is 5.82 Å². The Morgan fingerprint density at radius 1 is 0.974 bits per heavy atom. The van der Waals surface area contributed by atoms with Gasteiger partial charge in [0.1, 0.15) is 17.7 Å². The van der Waals surface area contributed by atoms with Crippen molar-refractivity contribution in [2.24, 2.45) is 0 Å². The van der Waals surface area contributed by atoms with Crippen LogP contribution < -0.4 is 4.90 Å². The maximum Gasteiger partial charge on any atom is 0.244 e. The van der Waals surface area contributed by atoms with E-state index in [9.17, 15) is 4.79 Å². The highest BCUT2D eigenvalue weighted by molar-refractivity contribution is 6.33. The van der Waals surface area contributed by atoms with Crippen LogP contribution in [0, 0.1) is 0 Å². The standard InChI is InChI=1S/C28H29Cl2N7O.ClH/c1-18(2)36-17-34(3)27(38)28(36)12-14-35(15-13-28)25-23-26(32-16-31-25)37(20-10-8-19(29)9-11-20)24(33-23)21-6-4-5-7-22(21)30;/h4-11,16,18H,12-15,17H2,1-3H3;1H. The van der Waals surface area contributed by atoms with E-state index in [1.54, 1.807) is 6.33 Å². The third-order valence-electron chi connectivity index (χ3n) is 7.80. The predicted octanol–water partition coefficient (Wildman–Crippen LogP) is 5.69. The molecule has 0 atom stereocenters. The molecular weight excluding hydrogens is 557 g/mol. The van der Waals surface area contributed by atoms with Gasteiger partial charge in [0.15, 0.2) is 17.0 Å². The number of carbonyl (C=O) groups excluding carboxylic acids is 1. The zero-order valence-electron chi connectivity index (χ0n) is 22.0. The van der Waals surface area contributed by atoms with Gasteiger partial charge in [0.05, 0.1) is 11.7 Å². The van der Waals surface area contributed by atoms with E-state index in [1.165, 1.54) is 0 Å². The zero-order valence-corrected chi connectivity index (χ0v) is 24.3. The third kappa shape index (κ3) is 4.53. The summed E-state index contributed by atoms with van der Waals surface area (Å²) in [6, 6.07) is 15.5. The SMILES string of the molecule is CC(C)N1CN(C)C(=O)C12CCN(c1ncnc3c1nc(-c1ccccc1Cl)n3-c1ccc(Cl)cc1)CC2.Cl. The van der Waals surface area contributed by atoms with Crippen LogP contribution in [0.1, 0.15) is 26.7 Å². The molecule has 2 saturated heterocycles. The number of hydrogen-bond acceptors (Lipinski definition) is 6. The monoisotopic (exact) mass is 585 g/mol. The van der Waals surface area contributed by atoms with Gasteiger partial charge in [0, 0.05) is 42.5 Å². The Hall–Kier alpha value is -2.91. The fraction of sp³-hybridized carbons (Fsp3) is 0.357. The van der Waals surface area contributed by atoms with Gasteiger partial charge in [-0.15, -0.1) is 12.4 Å². The lowest BCUT2D eigenvalue weighted by Gasteiger charge is -2.44. The normalized spacial score (nSPS) is 17.4. The summed E-state index contributed by atoms with van der Waals surface area (Å²) in [5.74, 6) is 1.66. The van der Waals surface area contributed by atoms with Crippen LogP contribution in [0.5, 0.6) is 0 Å². The molecule has 2 aliphatic heterocycles. The van der Waals surface area contributed by atoms with E-state index in [1.807, 2.05) is 65.0 Å². The van der Waals surface area contributed by atoms with Crippen molar-refractivity contribution < 1.29 is 4.79 Å². The smallest absolute Gasteiger partial charge is 0.244 e. The third-order valence-corrected chi connectivity index (χ3v) is 8.38. The number of fused-ring (bicyclic) bond motifs is 1. The highest BCUT2D eigenvalue weighted by Crippen LogP contribution is 2.40. The van der Waals surface area contributed by atoms with Gasteiger partial charge in [-0.25, -0.2) is 15.0 Å². The Bertz CT molecular complexity index is 1510. The van der Waals surface area contributed by atoms with Crippen molar-refractivity contribution in [3.8, 4) is 17.1 Å². The molecule has 8 nitrogen and oxygen atoms in total. The van der Waals surface area contributed by atoms with Crippen molar-refractivity contribution in [2.75, 3.05) is 31.7 Å². The molecule has 0 bridgehead atoms. The molecule has 1 amide bonds. The van der Waals surface area contributed by atoms with Crippen LogP contribution in [0.3, 0.4) is 0 Å². The number of piperidine rings is 1. The van der Waals surface area contributed by atoms with Gasteiger partial charge in [0.2, 0.25) is 5.91 Å². The van der Waals surface area contributed by atoms with Crippen molar-refractivity contribution in [3.05, 3.63) is 64.9 Å². The number of imidazole rings is 1. The summed E-state index contributed by atoms with van der Waals surface area (Å²) >= 11 is 12.8. The number of carbonyl (C=O) groups is 1. The summed E-state index contributed by atoms with van der Waals surface area (Å²) in [4.78, 5) is 34.1. The summed E-state index contributed by atoms with van der Waals surface area (Å²) in [5, 5.41) is 1.25. The fourth-order valence-electron chi connectivity index (χ4n) is 5.92. The van der Waals surface area contributed by atoms with Crippen molar-refractivity contribution in [2.45, 2.75) is 38.3 Å². The second kappa shape index (κ2) is 10.6. The zero-order chi connectivity index (χ0) is 26.6. The van der Waals surface area contributed by atoms with Crippen molar-refractivity contribution >= 4 is 58.5 Å². The van der Waals surface area contributed by atoms with Gasteiger partial charge in [-0.3, -0.25) is 14.3 Å². The van der Waals surface area contributed by atoms with Crippen molar-refractivity contribution in [1.29, 1.82) is 0 Å². The molecule has 2 aromatic heterocycles. The van der Waals surface area contributed by atoms with Crippen LogP contribution in [-0.2, 0) is 4.79 Å². The number of rotatable bonds is 4. The molecule has 1 spiro atoms. The molecule has 2 aromatic carbocycles. The largest absolute Gasteiger partial charge is 0.354 e. The van der Waals surface area contributed by atoms with Crippen LogP contribution in [0.2, 0.25) is 10.0 Å². The minimum Gasteiger partial charge on any atom is -0.354 e. The Labute approximate surface area is 244 Å². The molecule has 204 valence electrons. The topological polar surface area (TPSA) is 70.4 Å². The molecule has 2 aliphatic rings. The van der Waals surface area contributed by atoms with Crippen LogP contribution in [0.15, 0.2) is 54.9 Å². The Morgan fingerprint density at radius 2 is 1.67 bits per heavy atom. The first kappa shape index (κ1) is 27.6.